The number of halogens is 3. The van der Waals surface area contributed by atoms with Gasteiger partial charge >= 0.3 is 12.1 Å². The van der Waals surface area contributed by atoms with E-state index < -0.39 is 41.9 Å². The summed E-state index contributed by atoms with van der Waals surface area (Å²) >= 11 is 0. The van der Waals surface area contributed by atoms with Crippen molar-refractivity contribution in [2.24, 2.45) is 5.92 Å². The molecule has 2 heterocycles. The maximum absolute atomic E-state index is 13.4. The Hall–Kier alpha value is -4.69. The molecule has 0 aliphatic heterocycles. The average Bonchev–Trinajstić information content (AvgIpc) is 2.90. The van der Waals surface area contributed by atoms with Crippen LogP contribution in [0.3, 0.4) is 0 Å². The number of fused-ring (bicyclic) bond motifs is 1. The van der Waals surface area contributed by atoms with Gasteiger partial charge in [-0.2, -0.15) is 18.2 Å². The van der Waals surface area contributed by atoms with Gasteiger partial charge in [0.2, 0.25) is 11.9 Å². The van der Waals surface area contributed by atoms with Crippen LogP contribution < -0.4 is 21.1 Å². The van der Waals surface area contributed by atoms with Crippen LogP contribution in [0.25, 0.3) is 11.2 Å². The van der Waals surface area contributed by atoms with Crippen molar-refractivity contribution in [1.82, 2.24) is 25.3 Å². The Morgan fingerprint density at radius 1 is 1.10 bits per heavy atom. The normalized spacial score (nSPS) is 12.2. The first-order valence-electron chi connectivity index (χ1n) is 12.1. The van der Waals surface area contributed by atoms with Crippen molar-refractivity contribution in [3.8, 4) is 0 Å². The summed E-state index contributed by atoms with van der Waals surface area (Å²) in [6.45, 7) is 4.26. The zero-order valence-corrected chi connectivity index (χ0v) is 21.7. The van der Waals surface area contributed by atoms with Gasteiger partial charge in [-0.1, -0.05) is 13.8 Å². The molecule has 3 N–H and O–H groups in total. The van der Waals surface area contributed by atoms with Gasteiger partial charge in [-0.15, -0.1) is 0 Å². The topological polar surface area (TPSA) is 167 Å². The van der Waals surface area contributed by atoms with E-state index >= 15 is 0 Å². The van der Waals surface area contributed by atoms with Crippen molar-refractivity contribution >= 4 is 46.8 Å². The second-order valence-corrected chi connectivity index (χ2v) is 9.15. The molecule has 2 aromatic heterocycles. The minimum absolute atomic E-state index is 0.129. The lowest BCUT2D eigenvalue weighted by Crippen LogP contribution is -2.41. The SMILES string of the molecule is CC(C)C(=O)Nc1nc2ncc(CN(C(=O)C(F)(F)F)c3ccc(C(=O)N[C@H](C)CCC=O)cc3)nc2c(=O)[nH]1. The number of benzene rings is 1. The van der Waals surface area contributed by atoms with Gasteiger partial charge in [-0.25, -0.2) is 9.97 Å². The van der Waals surface area contributed by atoms with E-state index in [-0.39, 0.29) is 46.5 Å². The van der Waals surface area contributed by atoms with Gasteiger partial charge < -0.3 is 10.1 Å². The highest BCUT2D eigenvalue weighted by Crippen LogP contribution is 2.26. The largest absolute Gasteiger partial charge is 0.471 e. The molecule has 212 valence electrons. The summed E-state index contributed by atoms with van der Waals surface area (Å²) in [5.74, 6) is -3.69. The summed E-state index contributed by atoms with van der Waals surface area (Å²) in [5, 5.41) is 5.08. The van der Waals surface area contributed by atoms with Crippen LogP contribution in [0, 0.1) is 5.92 Å². The van der Waals surface area contributed by atoms with E-state index in [0.29, 0.717) is 11.3 Å². The van der Waals surface area contributed by atoms with Gasteiger partial charge in [0.05, 0.1) is 18.4 Å². The van der Waals surface area contributed by atoms with Gasteiger partial charge in [0.25, 0.3) is 11.5 Å². The van der Waals surface area contributed by atoms with E-state index in [1.807, 2.05) is 0 Å². The lowest BCUT2D eigenvalue weighted by atomic mass is 10.1. The number of hydrogen-bond acceptors (Lipinski definition) is 8. The average molecular weight is 562 g/mol. The van der Waals surface area contributed by atoms with Crippen LogP contribution in [0.4, 0.5) is 24.8 Å². The summed E-state index contributed by atoms with van der Waals surface area (Å²) in [6, 6.07) is 4.53. The van der Waals surface area contributed by atoms with E-state index in [9.17, 15) is 37.1 Å². The standard InChI is InChI=1S/C25H26F3N7O5/c1-13(2)20(37)33-24-32-19-18(22(39)34-24)31-16(11-29-19)12-35(23(40)25(26,27)28)17-8-6-15(7-9-17)21(38)30-14(3)5-4-10-36/h6-11,13-14H,4-5,12H2,1-3H3,(H,30,38)(H2,29,32,33,34,37,39)/t14-/m1/s1. The molecule has 0 spiro atoms. The maximum Gasteiger partial charge on any atom is 0.471 e. The lowest BCUT2D eigenvalue weighted by molar-refractivity contribution is -0.170. The predicted molar refractivity (Wildman–Crippen MR) is 137 cm³/mol. The van der Waals surface area contributed by atoms with Crippen molar-refractivity contribution in [2.45, 2.75) is 52.4 Å². The van der Waals surface area contributed by atoms with Crippen molar-refractivity contribution in [2.75, 3.05) is 10.2 Å². The number of carbonyl (C=O) groups is 4. The van der Waals surface area contributed by atoms with Gasteiger partial charge in [-0.05, 0) is 37.6 Å². The Morgan fingerprint density at radius 3 is 2.38 bits per heavy atom. The zero-order chi connectivity index (χ0) is 29.6. The first kappa shape index (κ1) is 29.9. The molecule has 0 bridgehead atoms. The first-order valence-corrected chi connectivity index (χ1v) is 12.1. The highest BCUT2D eigenvalue weighted by Gasteiger charge is 2.43. The van der Waals surface area contributed by atoms with Gasteiger partial charge in [-0.3, -0.25) is 34.4 Å². The lowest BCUT2D eigenvalue weighted by Gasteiger charge is -2.24. The summed E-state index contributed by atoms with van der Waals surface area (Å²) in [4.78, 5) is 74.3. The molecule has 1 aromatic carbocycles. The van der Waals surface area contributed by atoms with Crippen LogP contribution in [-0.4, -0.2) is 56.2 Å². The highest BCUT2D eigenvalue weighted by molar-refractivity contribution is 5.99. The smallest absolute Gasteiger partial charge is 0.350 e. The van der Waals surface area contributed by atoms with E-state index in [1.54, 1.807) is 20.8 Å². The van der Waals surface area contributed by atoms with Crippen LogP contribution in [0.5, 0.6) is 0 Å². The second-order valence-electron chi connectivity index (χ2n) is 9.15. The molecule has 12 nitrogen and oxygen atoms in total. The summed E-state index contributed by atoms with van der Waals surface area (Å²) in [7, 11) is 0. The fraction of sp³-hybridized carbons (Fsp3) is 0.360. The fourth-order valence-corrected chi connectivity index (χ4v) is 3.44. The van der Waals surface area contributed by atoms with Crippen LogP contribution in [0.15, 0.2) is 35.3 Å². The number of aldehydes is 1. The van der Waals surface area contributed by atoms with E-state index in [0.717, 1.165) is 12.5 Å². The Balaban J connectivity index is 1.88. The van der Waals surface area contributed by atoms with Crippen molar-refractivity contribution in [3.63, 3.8) is 0 Å². The molecule has 3 amide bonds. The second kappa shape index (κ2) is 12.4. The monoisotopic (exact) mass is 561 g/mol. The number of aromatic amines is 1. The van der Waals surface area contributed by atoms with Crippen molar-refractivity contribution in [3.05, 3.63) is 52.1 Å². The van der Waals surface area contributed by atoms with Gasteiger partial charge in [0.15, 0.2) is 11.2 Å². The van der Waals surface area contributed by atoms with Crippen molar-refractivity contribution in [1.29, 1.82) is 0 Å². The molecule has 0 saturated heterocycles. The number of nitrogens with one attached hydrogen (secondary N) is 3. The number of rotatable bonds is 10. The maximum atomic E-state index is 13.4. The molecule has 3 aromatic rings. The number of alkyl halides is 3. The molecule has 3 rings (SSSR count). The number of anilines is 2. The van der Waals surface area contributed by atoms with Crippen LogP contribution in [0.1, 0.15) is 49.7 Å². The minimum atomic E-state index is -5.24. The number of amides is 3. The number of H-pyrrole nitrogens is 1. The number of aromatic nitrogens is 4. The molecule has 0 aliphatic rings. The van der Waals surface area contributed by atoms with Crippen LogP contribution in [0.2, 0.25) is 0 Å². The Labute approximate surface area is 225 Å². The third-order valence-electron chi connectivity index (χ3n) is 5.58. The molecule has 0 unspecified atom stereocenters. The van der Waals surface area contributed by atoms with E-state index in [1.165, 1.54) is 24.3 Å². The highest BCUT2D eigenvalue weighted by atomic mass is 19.4. The molecule has 0 radical (unpaired) electrons. The summed E-state index contributed by atoms with van der Waals surface area (Å²) in [6.07, 6.45) is -2.79. The minimum Gasteiger partial charge on any atom is -0.350 e. The predicted octanol–water partition coefficient (Wildman–Crippen LogP) is 2.50. The molecule has 1 atom stereocenters. The molecule has 0 aliphatic carbocycles. The molecule has 0 saturated carbocycles. The molecule has 0 fully saturated rings. The number of nitrogens with zero attached hydrogens (tertiary/aromatic N) is 4. The third kappa shape index (κ3) is 7.45. The number of carbonyl (C=O) groups excluding carboxylic acids is 4. The fourth-order valence-electron chi connectivity index (χ4n) is 3.44. The molecule has 15 heteroatoms. The Bertz CT molecular complexity index is 1470. The van der Waals surface area contributed by atoms with Crippen LogP contribution >= 0.6 is 0 Å². The van der Waals surface area contributed by atoms with Crippen LogP contribution in [-0.2, 0) is 20.9 Å². The van der Waals surface area contributed by atoms with Gasteiger partial charge in [0.1, 0.15) is 6.29 Å². The molecular formula is C25H26F3N7O5. The first-order chi connectivity index (χ1) is 18.8. The third-order valence-corrected chi connectivity index (χ3v) is 5.58. The zero-order valence-electron chi connectivity index (χ0n) is 21.7. The summed E-state index contributed by atoms with van der Waals surface area (Å²) < 4.78 is 40.3. The molecule has 40 heavy (non-hydrogen) atoms. The van der Waals surface area contributed by atoms with E-state index in [2.05, 4.69) is 30.6 Å². The quantitative estimate of drug-likeness (QED) is 0.318. The Morgan fingerprint density at radius 2 is 1.77 bits per heavy atom. The number of hydrogen-bond donors (Lipinski definition) is 3. The van der Waals surface area contributed by atoms with E-state index in [4.69, 9.17) is 0 Å². The molecular weight excluding hydrogens is 535 g/mol. The Kier molecular flexibility index (Phi) is 9.29. The summed E-state index contributed by atoms with van der Waals surface area (Å²) in [5.41, 5.74) is -1.49. The van der Waals surface area contributed by atoms with Crippen molar-refractivity contribution < 1.29 is 32.3 Å². The van der Waals surface area contributed by atoms with Gasteiger partial charge in [0, 0.05) is 29.6 Å².